The lowest BCUT2D eigenvalue weighted by Crippen LogP contribution is -2.45. The summed E-state index contributed by atoms with van der Waals surface area (Å²) in [4.78, 5) is 34.9. The van der Waals surface area contributed by atoms with Crippen molar-refractivity contribution >= 4 is 11.8 Å². The number of hydrogen-bond donors (Lipinski definition) is 0. The average molecular weight is 374 g/mol. The maximum atomic E-state index is 13.5. The Morgan fingerprint density at radius 3 is 2.63 bits per heavy atom. The lowest BCUT2D eigenvalue weighted by Gasteiger charge is -2.34. The van der Waals surface area contributed by atoms with Gasteiger partial charge in [-0.25, -0.2) is 4.39 Å². The smallest absolute Gasteiger partial charge is 0.228 e. The summed E-state index contributed by atoms with van der Waals surface area (Å²) >= 11 is 0. The second kappa shape index (κ2) is 7.19. The minimum atomic E-state index is -0.972. The molecule has 4 rings (SSSR count). The molecule has 0 radical (unpaired) electrons. The number of aromatic nitrogens is 1. The summed E-state index contributed by atoms with van der Waals surface area (Å²) in [6.45, 7) is 6.58. The number of carbonyl (C=O) groups is 2. The van der Waals surface area contributed by atoms with Gasteiger partial charge in [-0.05, 0) is 24.5 Å². The predicted molar refractivity (Wildman–Crippen MR) is 98.4 cm³/mol. The van der Waals surface area contributed by atoms with E-state index in [4.69, 9.17) is 0 Å². The van der Waals surface area contributed by atoms with Gasteiger partial charge in [0.25, 0.3) is 0 Å². The fourth-order valence-electron chi connectivity index (χ4n) is 4.54. The molecule has 1 aromatic rings. The first-order chi connectivity index (χ1) is 13.0. The molecule has 1 unspecified atom stereocenters. The number of halogens is 1. The predicted octanol–water partition coefficient (Wildman–Crippen LogP) is 1.32. The van der Waals surface area contributed by atoms with E-state index >= 15 is 0 Å². The van der Waals surface area contributed by atoms with Gasteiger partial charge in [0.05, 0.1) is 5.92 Å². The molecule has 0 bridgehead atoms. The molecule has 2 aliphatic heterocycles. The summed E-state index contributed by atoms with van der Waals surface area (Å²) in [5.74, 6) is -0.414. The largest absolute Gasteiger partial charge is 0.342 e. The van der Waals surface area contributed by atoms with Crippen LogP contribution in [0.15, 0.2) is 24.5 Å². The van der Waals surface area contributed by atoms with Crippen LogP contribution in [-0.2, 0) is 16.1 Å². The summed E-state index contributed by atoms with van der Waals surface area (Å²) in [7, 11) is 0. The van der Waals surface area contributed by atoms with Crippen LogP contribution in [0.1, 0.15) is 25.3 Å². The normalized spacial score (nSPS) is 31.2. The van der Waals surface area contributed by atoms with E-state index in [0.29, 0.717) is 26.1 Å². The van der Waals surface area contributed by atoms with E-state index in [9.17, 15) is 14.0 Å². The van der Waals surface area contributed by atoms with E-state index in [-0.39, 0.29) is 17.2 Å². The number of likely N-dealkylation sites (tertiary alicyclic amines) is 1. The Hall–Kier alpha value is -2.02. The second-order valence-electron chi connectivity index (χ2n) is 8.38. The van der Waals surface area contributed by atoms with E-state index in [2.05, 4.69) is 16.0 Å². The van der Waals surface area contributed by atoms with E-state index in [0.717, 1.165) is 38.2 Å². The van der Waals surface area contributed by atoms with Gasteiger partial charge in [0.15, 0.2) is 0 Å². The first-order valence-electron chi connectivity index (χ1n) is 9.75. The Morgan fingerprint density at radius 1 is 1.22 bits per heavy atom. The van der Waals surface area contributed by atoms with Crippen LogP contribution < -0.4 is 0 Å². The highest BCUT2D eigenvalue weighted by molar-refractivity contribution is 5.82. The van der Waals surface area contributed by atoms with Crippen LogP contribution in [0.4, 0.5) is 4.39 Å². The first-order valence-corrected chi connectivity index (χ1v) is 9.75. The highest BCUT2D eigenvalue weighted by atomic mass is 19.1. The van der Waals surface area contributed by atoms with Crippen molar-refractivity contribution in [3.05, 3.63) is 30.1 Å². The second-order valence-corrected chi connectivity index (χ2v) is 8.38. The highest BCUT2D eigenvalue weighted by Crippen LogP contribution is 2.39. The first kappa shape index (κ1) is 18.3. The van der Waals surface area contributed by atoms with Crippen molar-refractivity contribution in [3.63, 3.8) is 0 Å². The number of pyridine rings is 1. The molecule has 6 nitrogen and oxygen atoms in total. The Morgan fingerprint density at radius 2 is 2.00 bits per heavy atom. The zero-order valence-corrected chi connectivity index (χ0v) is 15.8. The Labute approximate surface area is 159 Å². The van der Waals surface area contributed by atoms with Gasteiger partial charge in [0.2, 0.25) is 11.8 Å². The molecule has 3 atom stereocenters. The maximum Gasteiger partial charge on any atom is 0.228 e. The molecule has 2 amide bonds. The van der Waals surface area contributed by atoms with E-state index < -0.39 is 12.1 Å². The Kier molecular flexibility index (Phi) is 4.88. The highest BCUT2D eigenvalue weighted by Gasteiger charge is 2.49. The van der Waals surface area contributed by atoms with Crippen molar-refractivity contribution in [2.45, 2.75) is 32.5 Å². The summed E-state index contributed by atoms with van der Waals surface area (Å²) in [6, 6.07) is 3.99. The van der Waals surface area contributed by atoms with Crippen molar-refractivity contribution in [2.24, 2.45) is 11.3 Å². The van der Waals surface area contributed by atoms with Gasteiger partial charge in [0.1, 0.15) is 6.17 Å². The summed E-state index contributed by atoms with van der Waals surface area (Å²) in [5.41, 5.74) is 1.00. The molecule has 1 aliphatic carbocycles. The molecule has 0 aromatic carbocycles. The fraction of sp³-hybridized carbons (Fsp3) is 0.650. The van der Waals surface area contributed by atoms with Crippen molar-refractivity contribution < 1.29 is 14.0 Å². The number of carbonyl (C=O) groups excluding carboxylic acids is 2. The van der Waals surface area contributed by atoms with Crippen molar-refractivity contribution in [3.8, 4) is 0 Å². The van der Waals surface area contributed by atoms with Gasteiger partial charge < -0.3 is 9.80 Å². The monoisotopic (exact) mass is 374 g/mol. The Bertz CT molecular complexity index is 715. The molecule has 1 aromatic heterocycles. The number of amides is 2. The van der Waals surface area contributed by atoms with Crippen LogP contribution in [0.3, 0.4) is 0 Å². The summed E-state index contributed by atoms with van der Waals surface area (Å²) in [5, 5.41) is 0. The topological polar surface area (TPSA) is 56.8 Å². The van der Waals surface area contributed by atoms with E-state index in [1.807, 2.05) is 22.1 Å². The molecule has 2 saturated heterocycles. The molecule has 7 heteroatoms. The van der Waals surface area contributed by atoms with E-state index in [1.54, 1.807) is 13.1 Å². The Balaban J connectivity index is 1.53. The van der Waals surface area contributed by atoms with Gasteiger partial charge in [-0.3, -0.25) is 19.5 Å². The third-order valence-corrected chi connectivity index (χ3v) is 6.13. The molecule has 3 heterocycles. The fourth-order valence-corrected chi connectivity index (χ4v) is 4.54. The minimum Gasteiger partial charge on any atom is -0.342 e. The zero-order chi connectivity index (χ0) is 19.0. The SMILES string of the molecule is CC(=O)N1CCC2(CN(Cc3cccnc3)CCN(C(=O)[C@@H]3C[C@H]3F)C2)C1. The molecule has 1 saturated carbocycles. The quantitative estimate of drug-likeness (QED) is 0.801. The molecule has 0 N–H and O–H groups in total. The van der Waals surface area contributed by atoms with E-state index in [1.165, 1.54) is 0 Å². The third-order valence-electron chi connectivity index (χ3n) is 6.13. The molecule has 3 fully saturated rings. The molecule has 1 spiro atoms. The van der Waals surface area contributed by atoms with Crippen LogP contribution in [0.2, 0.25) is 0 Å². The van der Waals surface area contributed by atoms with Gasteiger partial charge in [-0.15, -0.1) is 0 Å². The van der Waals surface area contributed by atoms with Crippen LogP contribution in [-0.4, -0.2) is 76.9 Å². The molecular formula is C20H27FN4O2. The minimum absolute atomic E-state index is 0.0497. The standard InChI is InChI=1S/C20H27FN4O2/c1-15(26)24-6-4-20(13-24)12-23(11-16-3-2-5-22-10-16)7-8-25(14-20)19(27)17-9-18(17)21/h2-3,5,10,17-18H,4,6-9,11-14H2,1H3/t17-,18-,20?/m1/s1. The number of alkyl halides is 1. The molecule has 27 heavy (non-hydrogen) atoms. The van der Waals surface area contributed by atoms with Crippen LogP contribution >= 0.6 is 0 Å². The molecule has 3 aliphatic rings. The van der Waals surface area contributed by atoms with Crippen LogP contribution in [0.5, 0.6) is 0 Å². The number of hydrogen-bond acceptors (Lipinski definition) is 4. The average Bonchev–Trinajstić information content (AvgIpc) is 3.28. The number of rotatable bonds is 3. The van der Waals surface area contributed by atoms with Crippen LogP contribution in [0.25, 0.3) is 0 Å². The van der Waals surface area contributed by atoms with Gasteiger partial charge >= 0.3 is 0 Å². The van der Waals surface area contributed by atoms with Gasteiger partial charge in [-0.2, -0.15) is 0 Å². The van der Waals surface area contributed by atoms with Crippen molar-refractivity contribution in [1.29, 1.82) is 0 Å². The lowest BCUT2D eigenvalue weighted by molar-refractivity contribution is -0.134. The van der Waals surface area contributed by atoms with Crippen molar-refractivity contribution in [1.82, 2.24) is 19.7 Å². The zero-order valence-electron chi connectivity index (χ0n) is 15.8. The summed E-state index contributed by atoms with van der Waals surface area (Å²) < 4.78 is 13.5. The molecular weight excluding hydrogens is 347 g/mol. The van der Waals surface area contributed by atoms with Gasteiger partial charge in [-0.1, -0.05) is 6.07 Å². The third kappa shape index (κ3) is 3.98. The maximum absolute atomic E-state index is 13.5. The van der Waals surface area contributed by atoms with Crippen LogP contribution in [0, 0.1) is 11.3 Å². The lowest BCUT2D eigenvalue weighted by atomic mass is 9.86. The van der Waals surface area contributed by atoms with Gasteiger partial charge in [0, 0.05) is 70.5 Å². The van der Waals surface area contributed by atoms with Crippen molar-refractivity contribution in [2.75, 3.05) is 39.3 Å². The summed E-state index contributed by atoms with van der Waals surface area (Å²) in [6.07, 6.45) is 3.90. The molecule has 146 valence electrons. The number of nitrogens with zero attached hydrogens (tertiary/aromatic N) is 4.